The van der Waals surface area contributed by atoms with E-state index in [1.54, 1.807) is 0 Å². The maximum absolute atomic E-state index is 2.45. The fourth-order valence-electron chi connectivity index (χ4n) is 23.8. The van der Waals surface area contributed by atoms with Gasteiger partial charge in [-0.1, -0.05) is 534 Å². The van der Waals surface area contributed by atoms with Crippen molar-refractivity contribution in [1.29, 1.82) is 0 Å². The van der Waals surface area contributed by atoms with Crippen molar-refractivity contribution in [3.63, 3.8) is 0 Å². The first-order valence-electron chi connectivity index (χ1n) is 50.6. The zero-order valence-corrected chi connectivity index (χ0v) is 80.3. The van der Waals surface area contributed by atoms with Crippen LogP contribution < -0.4 is 0 Å². The van der Waals surface area contributed by atoms with Gasteiger partial charge in [-0.2, -0.15) is 0 Å². The molecule has 0 N–H and O–H groups in total. The van der Waals surface area contributed by atoms with Crippen LogP contribution in [0.2, 0.25) is 0 Å². The first kappa shape index (κ1) is 86.1. The molecule has 0 nitrogen and oxygen atoms in total. The third-order valence-electron chi connectivity index (χ3n) is 30.3. The number of benzene rings is 29. The molecule has 29 rings (SSSR count). The van der Waals surface area contributed by atoms with Crippen molar-refractivity contribution in [1.82, 2.24) is 0 Å². The number of hydrogen-bond acceptors (Lipinski definition) is 0. The van der Waals surface area contributed by atoms with E-state index in [0.717, 1.165) is 0 Å². The van der Waals surface area contributed by atoms with Crippen molar-refractivity contribution < 1.29 is 0 Å². The van der Waals surface area contributed by atoms with E-state index in [4.69, 9.17) is 0 Å². The van der Waals surface area contributed by atoms with E-state index < -0.39 is 0 Å². The van der Waals surface area contributed by atoms with Crippen LogP contribution in [-0.2, 0) is 0 Å². The molecule has 0 amide bonds. The van der Waals surface area contributed by atoms with Gasteiger partial charge >= 0.3 is 0 Å². The van der Waals surface area contributed by atoms with Crippen LogP contribution in [0.5, 0.6) is 0 Å². The Morgan fingerprint density at radius 3 is 0.562 bits per heavy atom. The molecule has 0 radical (unpaired) electrons. The maximum Gasteiger partial charge on any atom is -0.00201 e. The molecule has 0 spiro atoms. The average Bonchev–Trinajstić information content (AvgIpc) is 0.701. The summed E-state index contributed by atoms with van der Waals surface area (Å²) in [6.45, 7) is 0. The standard InChI is InChI=1S/C56H36.C46H30.C44H28/c1-3-17-39(18-4-1)53-45-23-9-10-24-46(45)55(40-19-5-2-6-20-40)52-36-42(34-35-51(52)53)37-30-32-41(33-31-37)54-47-25-11-13-27-49(47)56(50-28-14-12-26-48(50)54)44-29-15-21-38-16-7-8-22-43(38)44;1-4-16-31(17-5-1)43-36-23-11-14-26-39(36)46(40-27-15-12-24-37(40)43)34-28-29-41-42(30-34)45(33-20-8-3-9-21-33)38-25-13-10-22-35(38)44(41)32-18-6-2-7-19-32;1-4-12-32-25-35(20-17-29(32)9-1)36-23-24-41-42(28-36)44(38-22-19-31-11-3-6-14-34(31)27-38)40-16-8-7-15-39(40)43(41)37-21-18-30-10-2-5-13-33(30)26-37/h1-36H;1-30H;1-28H. The van der Waals surface area contributed by atoms with Crippen LogP contribution >= 0.6 is 0 Å². The molecule has 0 aliphatic rings. The van der Waals surface area contributed by atoms with Crippen LogP contribution in [-0.4, -0.2) is 0 Å². The fourth-order valence-corrected chi connectivity index (χ4v) is 23.8. The summed E-state index contributed by atoms with van der Waals surface area (Å²) >= 11 is 0. The molecule has 0 fully saturated rings. The van der Waals surface area contributed by atoms with Gasteiger partial charge in [0.15, 0.2) is 0 Å². The molecular weight excluding hydrogens is 1750 g/mol. The van der Waals surface area contributed by atoms with Gasteiger partial charge in [-0.05, 0) is 321 Å². The summed E-state index contributed by atoms with van der Waals surface area (Å²) in [4.78, 5) is 0. The van der Waals surface area contributed by atoms with Gasteiger partial charge in [0.25, 0.3) is 0 Å². The van der Waals surface area contributed by atoms with Crippen molar-refractivity contribution in [3.8, 4) is 134 Å². The van der Waals surface area contributed by atoms with E-state index in [2.05, 4.69) is 570 Å². The minimum atomic E-state index is 1.20. The van der Waals surface area contributed by atoms with Crippen molar-refractivity contribution in [2.75, 3.05) is 0 Å². The molecule has 29 aromatic rings. The second-order valence-electron chi connectivity index (χ2n) is 38.5. The predicted octanol–water partition coefficient (Wildman–Crippen LogP) is 41.2. The summed E-state index contributed by atoms with van der Waals surface area (Å²) in [5.74, 6) is 0. The van der Waals surface area contributed by atoms with Crippen LogP contribution in [0.15, 0.2) is 570 Å². The van der Waals surface area contributed by atoms with Crippen molar-refractivity contribution in [2.45, 2.75) is 0 Å². The number of fused-ring (bicyclic) bond motifs is 14. The lowest BCUT2D eigenvalue weighted by Gasteiger charge is -2.20. The molecule has 0 saturated heterocycles. The molecule has 0 heterocycles. The normalized spacial score (nSPS) is 11.6. The summed E-state index contributed by atoms with van der Waals surface area (Å²) in [7, 11) is 0. The Morgan fingerprint density at radius 2 is 0.240 bits per heavy atom. The summed E-state index contributed by atoms with van der Waals surface area (Å²) < 4.78 is 0. The van der Waals surface area contributed by atoms with Gasteiger partial charge in [-0.3, -0.25) is 0 Å². The molecule has 0 saturated carbocycles. The monoisotopic (exact) mass is 1850 g/mol. The predicted molar refractivity (Wildman–Crippen MR) is 630 cm³/mol. The maximum atomic E-state index is 2.45. The Labute approximate surface area is 848 Å². The highest BCUT2D eigenvalue weighted by molar-refractivity contribution is 6.29. The Morgan fingerprint density at radius 1 is 0.0685 bits per heavy atom. The summed E-state index contributed by atoms with van der Waals surface area (Å²) in [5.41, 5.74) is 30.1. The van der Waals surface area contributed by atoms with Crippen LogP contribution in [0.3, 0.4) is 0 Å². The number of hydrogen-bond donors (Lipinski definition) is 0. The van der Waals surface area contributed by atoms with Gasteiger partial charge in [-0.15, -0.1) is 0 Å². The highest BCUT2D eigenvalue weighted by Crippen LogP contribution is 2.54. The second-order valence-corrected chi connectivity index (χ2v) is 38.5. The van der Waals surface area contributed by atoms with Crippen LogP contribution in [0.4, 0.5) is 0 Å². The van der Waals surface area contributed by atoms with E-state index >= 15 is 0 Å². The van der Waals surface area contributed by atoms with Crippen LogP contribution in [0, 0.1) is 0 Å². The molecule has 0 heteroatoms. The molecular formula is C146H94. The van der Waals surface area contributed by atoms with Gasteiger partial charge in [-0.25, -0.2) is 0 Å². The molecule has 0 atom stereocenters. The van der Waals surface area contributed by atoms with Crippen molar-refractivity contribution in [3.05, 3.63) is 570 Å². The SMILES string of the molecule is c1ccc(-c2c3ccccc3c(-c3ccc4c(-c5ccccc5)c5ccccc5c(-c5ccccc5)c4c3)c3ccccc23)cc1.c1ccc(-c2c3ccccc3c(-c3ccccc3)c3cc(-c4ccc(-c5c6ccccc6c(-c6cccc7ccccc67)c6ccccc56)cc4)ccc23)cc1.c1ccc2cc(-c3ccc4c(-c5ccc6ccccc6c5)c5ccccc5c(-c5ccc6ccccc6c5)c4c3)ccc2c1. The largest absolute Gasteiger partial charge is 0.0622 e. The first-order valence-corrected chi connectivity index (χ1v) is 50.6. The topological polar surface area (TPSA) is 0 Å². The highest BCUT2D eigenvalue weighted by Gasteiger charge is 2.26. The molecule has 0 unspecified atom stereocenters. The summed E-state index contributed by atoms with van der Waals surface area (Å²) in [6, 6.07) is 209. The molecule has 146 heavy (non-hydrogen) atoms. The van der Waals surface area contributed by atoms with Crippen molar-refractivity contribution in [2.24, 2.45) is 0 Å². The quantitative estimate of drug-likeness (QED) is 0.107. The van der Waals surface area contributed by atoms with Crippen LogP contribution in [0.1, 0.15) is 0 Å². The highest BCUT2D eigenvalue weighted by atomic mass is 14.3. The summed E-state index contributed by atoms with van der Waals surface area (Å²) in [5, 5.41) is 35.5. The fraction of sp³-hybridized carbons (Fsp3) is 0. The molecule has 678 valence electrons. The first-order chi connectivity index (χ1) is 72.5. The minimum Gasteiger partial charge on any atom is -0.0622 e. The third kappa shape index (κ3) is 15.2. The average molecular weight is 1850 g/mol. The molecule has 29 aromatic carbocycles. The Hall–Kier alpha value is -19.0. The van der Waals surface area contributed by atoms with E-state index in [1.165, 1.54) is 284 Å². The molecule has 0 aliphatic carbocycles. The second kappa shape index (κ2) is 36.9. The zero-order chi connectivity index (χ0) is 96.5. The number of rotatable bonds is 12. The third-order valence-corrected chi connectivity index (χ3v) is 30.3. The minimum absolute atomic E-state index is 1.20. The molecule has 0 aromatic heterocycles. The Balaban J connectivity index is 0.000000110. The Bertz CT molecular complexity index is 10100. The van der Waals surface area contributed by atoms with E-state index in [9.17, 15) is 0 Å². The van der Waals surface area contributed by atoms with Gasteiger partial charge in [0, 0.05) is 0 Å². The van der Waals surface area contributed by atoms with Gasteiger partial charge in [0.2, 0.25) is 0 Å². The van der Waals surface area contributed by atoms with Crippen LogP contribution in [0.25, 0.3) is 284 Å². The summed E-state index contributed by atoms with van der Waals surface area (Å²) in [6.07, 6.45) is 0. The van der Waals surface area contributed by atoms with Gasteiger partial charge in [0.05, 0.1) is 0 Å². The van der Waals surface area contributed by atoms with Gasteiger partial charge < -0.3 is 0 Å². The zero-order valence-electron chi connectivity index (χ0n) is 80.3. The molecule has 0 bridgehead atoms. The van der Waals surface area contributed by atoms with E-state index in [1.807, 2.05) is 0 Å². The Kier molecular flexibility index (Phi) is 21.8. The lowest BCUT2D eigenvalue weighted by atomic mass is 9.83. The lowest BCUT2D eigenvalue weighted by molar-refractivity contribution is 1.62. The smallest absolute Gasteiger partial charge is 0.00201 e. The lowest BCUT2D eigenvalue weighted by Crippen LogP contribution is -1.93. The van der Waals surface area contributed by atoms with Crippen molar-refractivity contribution >= 4 is 151 Å². The van der Waals surface area contributed by atoms with E-state index in [-0.39, 0.29) is 0 Å². The van der Waals surface area contributed by atoms with Gasteiger partial charge in [0.1, 0.15) is 0 Å². The van der Waals surface area contributed by atoms with E-state index in [0.29, 0.717) is 0 Å². The molecule has 0 aliphatic heterocycles.